The SMILES string of the molecule is CN(C)CCOc1cccc(-c2cn(COCC[Si](C)(C)C)c(C#Cc3nc(N4C[C@H]5COC[C@H]5C4)c4cnn(C)c4n3)n2)c1. The zero-order chi connectivity index (χ0) is 31.6. The number of hydrogen-bond donors (Lipinski definition) is 0. The molecule has 2 fully saturated rings. The summed E-state index contributed by atoms with van der Waals surface area (Å²) >= 11 is 0. The van der Waals surface area contributed by atoms with E-state index in [4.69, 9.17) is 29.2 Å². The number of imidazole rings is 1. The maximum atomic E-state index is 6.12. The summed E-state index contributed by atoms with van der Waals surface area (Å²) in [6.45, 7) is 13.0. The fraction of sp³-hybridized carbons (Fsp3) is 0.515. The van der Waals surface area contributed by atoms with Crippen molar-refractivity contribution in [1.29, 1.82) is 0 Å². The molecule has 0 N–H and O–H groups in total. The van der Waals surface area contributed by atoms with Gasteiger partial charge in [0.15, 0.2) is 11.5 Å². The Labute approximate surface area is 266 Å². The molecule has 4 aromatic rings. The largest absolute Gasteiger partial charge is 0.492 e. The average molecular weight is 629 g/mol. The van der Waals surface area contributed by atoms with Crippen molar-refractivity contribution < 1.29 is 14.2 Å². The van der Waals surface area contributed by atoms with E-state index in [9.17, 15) is 0 Å². The van der Waals surface area contributed by atoms with E-state index in [2.05, 4.69) is 46.4 Å². The highest BCUT2D eigenvalue weighted by Gasteiger charge is 2.38. The molecule has 2 aliphatic heterocycles. The van der Waals surface area contributed by atoms with Gasteiger partial charge in [-0.25, -0.2) is 15.0 Å². The molecular formula is C33H44N8O3Si. The lowest BCUT2D eigenvalue weighted by Crippen LogP contribution is -2.24. The van der Waals surface area contributed by atoms with Crippen LogP contribution in [-0.2, 0) is 23.3 Å². The van der Waals surface area contributed by atoms with Crippen molar-refractivity contribution in [3.05, 3.63) is 48.3 Å². The Balaban J connectivity index is 1.30. The molecule has 2 saturated heterocycles. The molecule has 0 unspecified atom stereocenters. The Bertz CT molecular complexity index is 1690. The maximum absolute atomic E-state index is 6.12. The topological polar surface area (TPSA) is 95.6 Å². The average Bonchev–Trinajstić information content (AvgIpc) is 3.78. The summed E-state index contributed by atoms with van der Waals surface area (Å²) < 4.78 is 21.6. The minimum atomic E-state index is -1.22. The molecule has 3 aromatic heterocycles. The van der Waals surface area contributed by atoms with Crippen molar-refractivity contribution in [2.24, 2.45) is 18.9 Å². The van der Waals surface area contributed by atoms with Crippen molar-refractivity contribution in [2.75, 3.05) is 65.1 Å². The van der Waals surface area contributed by atoms with Gasteiger partial charge in [0.1, 0.15) is 24.9 Å². The van der Waals surface area contributed by atoms with Gasteiger partial charge in [0.05, 0.1) is 30.5 Å². The second-order valence-electron chi connectivity index (χ2n) is 13.5. The standard InChI is InChI=1S/C33H44N8O3Si/c1-38(2)12-13-44-27-9-7-8-24(16-27)29-20-41(23-42-14-15-45(4,5)6)31(35-29)11-10-30-36-32-28(17-34-39(32)3)33(37-30)40-18-25-21-43-22-26(25)19-40/h7-9,16-17,20,25-26H,12-15,18-19,21-23H2,1-6H3/t25-,26+. The number of aryl methyl sites for hydroxylation is 1. The minimum Gasteiger partial charge on any atom is -0.492 e. The van der Waals surface area contributed by atoms with E-state index in [1.807, 2.05) is 62.4 Å². The lowest BCUT2D eigenvalue weighted by molar-refractivity contribution is 0.0866. The van der Waals surface area contributed by atoms with Crippen LogP contribution in [0.15, 0.2) is 36.7 Å². The summed E-state index contributed by atoms with van der Waals surface area (Å²) in [4.78, 5) is 19.1. The van der Waals surface area contributed by atoms with Crippen LogP contribution in [0.2, 0.25) is 25.7 Å². The molecule has 0 amide bonds. The van der Waals surface area contributed by atoms with E-state index in [1.54, 1.807) is 4.68 Å². The maximum Gasteiger partial charge on any atom is 0.209 e. The van der Waals surface area contributed by atoms with E-state index in [1.165, 1.54) is 0 Å². The first-order chi connectivity index (χ1) is 21.6. The van der Waals surface area contributed by atoms with Crippen molar-refractivity contribution in [2.45, 2.75) is 32.4 Å². The van der Waals surface area contributed by atoms with E-state index in [0.717, 1.165) is 72.8 Å². The predicted octanol–water partition coefficient (Wildman–Crippen LogP) is 3.96. The van der Waals surface area contributed by atoms with Gasteiger partial charge >= 0.3 is 0 Å². The number of nitrogens with zero attached hydrogens (tertiary/aromatic N) is 8. The van der Waals surface area contributed by atoms with E-state index in [-0.39, 0.29) is 0 Å². The summed E-state index contributed by atoms with van der Waals surface area (Å²) in [5.74, 6) is 10.3. The van der Waals surface area contributed by atoms with Gasteiger partial charge in [-0.2, -0.15) is 5.10 Å². The third-order valence-electron chi connectivity index (χ3n) is 8.34. The number of likely N-dealkylation sites (N-methyl/N-ethyl adjacent to an activating group) is 1. The molecule has 11 nitrogen and oxygen atoms in total. The van der Waals surface area contributed by atoms with Crippen molar-refractivity contribution in [3.63, 3.8) is 0 Å². The normalized spacial score (nSPS) is 18.1. The lowest BCUT2D eigenvalue weighted by Gasteiger charge is -2.19. The number of ether oxygens (including phenoxy) is 3. The molecule has 0 bridgehead atoms. The highest BCUT2D eigenvalue weighted by Crippen LogP contribution is 2.34. The van der Waals surface area contributed by atoms with Gasteiger partial charge in [-0.15, -0.1) is 0 Å². The summed E-state index contributed by atoms with van der Waals surface area (Å²) in [5.41, 5.74) is 2.53. The highest BCUT2D eigenvalue weighted by atomic mass is 28.3. The molecule has 45 heavy (non-hydrogen) atoms. The first-order valence-electron chi connectivity index (χ1n) is 15.7. The molecule has 0 saturated carbocycles. The monoisotopic (exact) mass is 628 g/mol. The summed E-state index contributed by atoms with van der Waals surface area (Å²) in [5, 5.41) is 5.42. The second-order valence-corrected chi connectivity index (χ2v) is 19.2. The van der Waals surface area contributed by atoms with Gasteiger partial charge in [0.2, 0.25) is 5.82 Å². The molecule has 5 heterocycles. The molecule has 0 spiro atoms. The lowest BCUT2D eigenvalue weighted by atomic mass is 10.0. The number of anilines is 1. The first-order valence-corrected chi connectivity index (χ1v) is 19.4. The zero-order valence-electron chi connectivity index (χ0n) is 27.3. The van der Waals surface area contributed by atoms with Crippen LogP contribution in [0.3, 0.4) is 0 Å². The Morgan fingerprint density at radius 2 is 1.84 bits per heavy atom. The Hall–Kier alpha value is -3.76. The van der Waals surface area contributed by atoms with Crippen molar-refractivity contribution in [1.82, 2.24) is 34.2 Å². The van der Waals surface area contributed by atoms with Crippen molar-refractivity contribution >= 4 is 24.9 Å². The molecule has 2 atom stereocenters. The van der Waals surface area contributed by atoms with Gasteiger partial charge in [-0.3, -0.25) is 9.25 Å². The molecule has 238 valence electrons. The minimum absolute atomic E-state index is 0.367. The molecule has 6 rings (SSSR count). The summed E-state index contributed by atoms with van der Waals surface area (Å²) in [6, 6.07) is 9.12. The molecule has 2 aliphatic rings. The highest BCUT2D eigenvalue weighted by molar-refractivity contribution is 6.76. The van der Waals surface area contributed by atoms with Gasteiger partial charge in [-0.1, -0.05) is 31.8 Å². The molecule has 0 aliphatic carbocycles. The van der Waals surface area contributed by atoms with Crippen LogP contribution in [0.5, 0.6) is 5.75 Å². The molecular weight excluding hydrogens is 585 g/mol. The number of benzene rings is 1. The predicted molar refractivity (Wildman–Crippen MR) is 178 cm³/mol. The molecule has 12 heteroatoms. The molecule has 0 radical (unpaired) electrons. The third-order valence-corrected chi connectivity index (χ3v) is 10.0. The van der Waals surface area contributed by atoms with Crippen LogP contribution >= 0.6 is 0 Å². The van der Waals surface area contributed by atoms with E-state index >= 15 is 0 Å². The Morgan fingerprint density at radius 3 is 2.60 bits per heavy atom. The summed E-state index contributed by atoms with van der Waals surface area (Å²) in [6.07, 6.45) is 3.85. The quantitative estimate of drug-likeness (QED) is 0.139. The fourth-order valence-electron chi connectivity index (χ4n) is 5.66. The van der Waals surface area contributed by atoms with E-state index < -0.39 is 8.07 Å². The van der Waals surface area contributed by atoms with Crippen LogP contribution in [0.1, 0.15) is 11.6 Å². The number of hydrogen-bond acceptors (Lipinski definition) is 9. The fourth-order valence-corrected chi connectivity index (χ4v) is 6.42. The van der Waals surface area contributed by atoms with Crippen LogP contribution in [0.25, 0.3) is 22.3 Å². The zero-order valence-corrected chi connectivity index (χ0v) is 28.3. The van der Waals surface area contributed by atoms with Gasteiger partial charge in [0, 0.05) is 65.0 Å². The number of fused-ring (bicyclic) bond motifs is 2. The van der Waals surface area contributed by atoms with Gasteiger partial charge < -0.3 is 24.0 Å². The number of aromatic nitrogens is 6. The number of rotatable bonds is 11. The summed E-state index contributed by atoms with van der Waals surface area (Å²) in [7, 11) is 4.76. The van der Waals surface area contributed by atoms with Crippen molar-refractivity contribution in [3.8, 4) is 28.8 Å². The first kappa shape index (κ1) is 31.2. The van der Waals surface area contributed by atoms with Crippen LogP contribution in [0, 0.1) is 23.7 Å². The third kappa shape index (κ3) is 7.56. The van der Waals surface area contributed by atoms with Gasteiger partial charge in [-0.05, 0) is 44.1 Å². The van der Waals surface area contributed by atoms with Crippen LogP contribution in [0.4, 0.5) is 5.82 Å². The van der Waals surface area contributed by atoms with Gasteiger partial charge in [0.25, 0.3) is 0 Å². The Kier molecular flexibility index (Phi) is 9.23. The van der Waals surface area contributed by atoms with Crippen LogP contribution < -0.4 is 9.64 Å². The molecule has 1 aromatic carbocycles. The second kappa shape index (κ2) is 13.3. The Morgan fingerprint density at radius 1 is 1.04 bits per heavy atom. The van der Waals surface area contributed by atoms with Crippen LogP contribution in [-0.4, -0.2) is 102 Å². The smallest absolute Gasteiger partial charge is 0.209 e. The van der Waals surface area contributed by atoms with E-state index in [0.29, 0.717) is 43.4 Å².